The van der Waals surface area contributed by atoms with Crippen molar-refractivity contribution >= 4 is 52.1 Å². The SMILES string of the molecule is Cc1ccc(NC(=O)COc2cc(Cl)c(Cl)cc2Cl)cc1[N+](=O)[O-]. The number of halogens is 3. The third-order valence-corrected chi connectivity index (χ3v) is 4.04. The molecule has 0 saturated carbocycles. The quantitative estimate of drug-likeness (QED) is 0.449. The second-order valence-corrected chi connectivity index (χ2v) is 6.01. The van der Waals surface area contributed by atoms with E-state index in [-0.39, 0.29) is 33.1 Å². The number of nitro groups is 1. The molecule has 1 N–H and O–H groups in total. The molecule has 1 amide bonds. The van der Waals surface area contributed by atoms with Gasteiger partial charge in [-0.3, -0.25) is 14.9 Å². The average molecular weight is 390 g/mol. The van der Waals surface area contributed by atoms with E-state index in [0.29, 0.717) is 11.3 Å². The number of hydrogen-bond donors (Lipinski definition) is 1. The van der Waals surface area contributed by atoms with Gasteiger partial charge in [-0.15, -0.1) is 0 Å². The molecule has 0 atom stereocenters. The number of carbonyl (C=O) groups excluding carboxylic acids is 1. The van der Waals surface area contributed by atoms with Crippen LogP contribution in [0.15, 0.2) is 30.3 Å². The second-order valence-electron chi connectivity index (χ2n) is 4.79. The van der Waals surface area contributed by atoms with E-state index in [0.717, 1.165) is 0 Å². The Balaban J connectivity index is 2.03. The molecule has 126 valence electrons. The van der Waals surface area contributed by atoms with Gasteiger partial charge >= 0.3 is 0 Å². The summed E-state index contributed by atoms with van der Waals surface area (Å²) in [5, 5.41) is 14.1. The van der Waals surface area contributed by atoms with Crippen LogP contribution in [0.25, 0.3) is 0 Å². The molecule has 0 aliphatic heterocycles. The molecule has 9 heteroatoms. The van der Waals surface area contributed by atoms with Crippen molar-refractivity contribution in [2.75, 3.05) is 11.9 Å². The van der Waals surface area contributed by atoms with E-state index >= 15 is 0 Å². The van der Waals surface area contributed by atoms with Gasteiger partial charge in [-0.1, -0.05) is 40.9 Å². The van der Waals surface area contributed by atoms with Crippen molar-refractivity contribution in [3.63, 3.8) is 0 Å². The van der Waals surface area contributed by atoms with Gasteiger partial charge in [0.25, 0.3) is 11.6 Å². The molecule has 0 radical (unpaired) electrons. The molecule has 2 aromatic carbocycles. The van der Waals surface area contributed by atoms with Crippen molar-refractivity contribution in [1.82, 2.24) is 0 Å². The van der Waals surface area contributed by atoms with Gasteiger partial charge in [0.1, 0.15) is 5.75 Å². The number of anilines is 1. The summed E-state index contributed by atoms with van der Waals surface area (Å²) >= 11 is 17.6. The first-order chi connectivity index (χ1) is 11.3. The lowest BCUT2D eigenvalue weighted by molar-refractivity contribution is -0.385. The Kier molecular flexibility index (Phi) is 5.88. The first kappa shape index (κ1) is 18.3. The van der Waals surface area contributed by atoms with Crippen LogP contribution in [0.3, 0.4) is 0 Å². The number of ether oxygens (including phenoxy) is 1. The Morgan fingerprint density at radius 1 is 1.17 bits per heavy atom. The predicted molar refractivity (Wildman–Crippen MR) is 93.4 cm³/mol. The minimum absolute atomic E-state index is 0.0822. The molecular weight excluding hydrogens is 379 g/mol. The highest BCUT2D eigenvalue weighted by atomic mass is 35.5. The van der Waals surface area contributed by atoms with E-state index in [1.165, 1.54) is 18.2 Å². The van der Waals surface area contributed by atoms with E-state index in [1.807, 2.05) is 0 Å². The summed E-state index contributed by atoms with van der Waals surface area (Å²) < 4.78 is 5.29. The van der Waals surface area contributed by atoms with E-state index in [4.69, 9.17) is 39.5 Å². The fourth-order valence-electron chi connectivity index (χ4n) is 1.84. The fourth-order valence-corrected chi connectivity index (χ4v) is 2.43. The first-order valence-corrected chi connectivity index (χ1v) is 7.73. The number of aryl methyl sites for hydroxylation is 1. The number of nitro benzene ring substituents is 1. The van der Waals surface area contributed by atoms with Gasteiger partial charge in [-0.2, -0.15) is 0 Å². The van der Waals surface area contributed by atoms with Crippen molar-refractivity contribution in [2.45, 2.75) is 6.92 Å². The highest BCUT2D eigenvalue weighted by Gasteiger charge is 2.13. The monoisotopic (exact) mass is 388 g/mol. The second kappa shape index (κ2) is 7.70. The Labute approximate surface area is 152 Å². The van der Waals surface area contributed by atoms with Crippen molar-refractivity contribution in [2.24, 2.45) is 0 Å². The van der Waals surface area contributed by atoms with Gasteiger partial charge in [0, 0.05) is 23.4 Å². The minimum atomic E-state index is -0.517. The lowest BCUT2D eigenvalue weighted by Crippen LogP contribution is -2.20. The Morgan fingerprint density at radius 3 is 2.50 bits per heavy atom. The molecular formula is C15H11Cl3N2O4. The smallest absolute Gasteiger partial charge is 0.274 e. The molecule has 0 bridgehead atoms. The number of amides is 1. The summed E-state index contributed by atoms with van der Waals surface area (Å²) in [6, 6.07) is 7.19. The zero-order valence-electron chi connectivity index (χ0n) is 12.3. The number of rotatable bonds is 5. The summed E-state index contributed by atoms with van der Waals surface area (Å²) in [6.45, 7) is 1.26. The highest BCUT2D eigenvalue weighted by Crippen LogP contribution is 2.33. The molecule has 0 spiro atoms. The number of hydrogen-bond acceptors (Lipinski definition) is 4. The number of nitrogens with one attached hydrogen (secondary N) is 1. The van der Waals surface area contributed by atoms with E-state index in [2.05, 4.69) is 5.32 Å². The molecule has 0 aliphatic rings. The molecule has 2 aromatic rings. The zero-order valence-corrected chi connectivity index (χ0v) is 14.6. The van der Waals surface area contributed by atoms with Crippen LogP contribution in [-0.4, -0.2) is 17.4 Å². The lowest BCUT2D eigenvalue weighted by Gasteiger charge is -2.10. The van der Waals surface area contributed by atoms with E-state index in [9.17, 15) is 14.9 Å². The van der Waals surface area contributed by atoms with Gasteiger partial charge in [0.2, 0.25) is 0 Å². The number of benzene rings is 2. The van der Waals surface area contributed by atoms with Crippen molar-refractivity contribution in [3.05, 3.63) is 61.1 Å². The van der Waals surface area contributed by atoms with Gasteiger partial charge in [0.15, 0.2) is 6.61 Å². The fraction of sp³-hybridized carbons (Fsp3) is 0.133. The molecule has 6 nitrogen and oxygen atoms in total. The molecule has 0 aromatic heterocycles. The zero-order chi connectivity index (χ0) is 17.9. The maximum Gasteiger partial charge on any atom is 0.274 e. The van der Waals surface area contributed by atoms with Crippen LogP contribution in [0.4, 0.5) is 11.4 Å². The molecule has 0 fully saturated rings. The highest BCUT2D eigenvalue weighted by molar-refractivity contribution is 6.43. The van der Waals surface area contributed by atoms with Gasteiger partial charge in [0.05, 0.1) is 20.0 Å². The average Bonchev–Trinajstić information content (AvgIpc) is 2.51. The van der Waals surface area contributed by atoms with Crippen LogP contribution < -0.4 is 10.1 Å². The van der Waals surface area contributed by atoms with E-state index in [1.54, 1.807) is 19.1 Å². The summed E-state index contributed by atoms with van der Waals surface area (Å²) in [5.41, 5.74) is 0.708. The summed E-state index contributed by atoms with van der Waals surface area (Å²) in [4.78, 5) is 22.3. The molecule has 0 aliphatic carbocycles. The van der Waals surface area contributed by atoms with Crippen molar-refractivity contribution in [1.29, 1.82) is 0 Å². The maximum absolute atomic E-state index is 11.9. The summed E-state index contributed by atoms with van der Waals surface area (Å²) in [7, 11) is 0. The number of carbonyl (C=O) groups is 1. The third kappa shape index (κ3) is 4.50. The minimum Gasteiger partial charge on any atom is -0.482 e. The van der Waals surface area contributed by atoms with Crippen molar-refractivity contribution < 1.29 is 14.5 Å². The summed E-state index contributed by atoms with van der Waals surface area (Å²) in [6.07, 6.45) is 0. The standard InChI is InChI=1S/C15H11Cl3N2O4/c1-8-2-3-9(4-13(8)20(22)23)19-15(21)7-24-14-6-11(17)10(16)5-12(14)18/h2-6H,7H2,1H3,(H,19,21). The number of nitrogens with zero attached hydrogens (tertiary/aromatic N) is 1. The van der Waals surface area contributed by atoms with Crippen molar-refractivity contribution in [3.8, 4) is 5.75 Å². The van der Waals surface area contributed by atoms with Crippen LogP contribution in [0.5, 0.6) is 5.75 Å². The molecule has 0 heterocycles. The maximum atomic E-state index is 11.9. The Bertz CT molecular complexity index is 812. The van der Waals surface area contributed by atoms with Crippen LogP contribution in [0.2, 0.25) is 15.1 Å². The molecule has 2 rings (SSSR count). The largest absolute Gasteiger partial charge is 0.482 e. The Morgan fingerprint density at radius 2 is 1.83 bits per heavy atom. The molecule has 24 heavy (non-hydrogen) atoms. The van der Waals surface area contributed by atoms with Gasteiger partial charge in [-0.05, 0) is 19.1 Å². The predicted octanol–water partition coefficient (Wildman–Crippen LogP) is 4.88. The van der Waals surface area contributed by atoms with Crippen LogP contribution >= 0.6 is 34.8 Å². The molecule has 0 saturated heterocycles. The first-order valence-electron chi connectivity index (χ1n) is 6.60. The lowest BCUT2D eigenvalue weighted by atomic mass is 10.2. The van der Waals surface area contributed by atoms with E-state index < -0.39 is 10.8 Å². The Hall–Kier alpha value is -2.02. The van der Waals surface area contributed by atoms with Crippen LogP contribution in [-0.2, 0) is 4.79 Å². The topological polar surface area (TPSA) is 81.5 Å². The molecule has 0 unspecified atom stereocenters. The normalized spacial score (nSPS) is 10.3. The van der Waals surface area contributed by atoms with Gasteiger partial charge < -0.3 is 10.1 Å². The van der Waals surface area contributed by atoms with Crippen LogP contribution in [0.1, 0.15) is 5.56 Å². The van der Waals surface area contributed by atoms with Crippen LogP contribution in [0, 0.1) is 17.0 Å². The summed E-state index contributed by atoms with van der Waals surface area (Å²) in [5.74, 6) is -0.300. The third-order valence-electron chi connectivity index (χ3n) is 3.02. The van der Waals surface area contributed by atoms with Gasteiger partial charge in [-0.25, -0.2) is 0 Å².